The molecule has 1 fully saturated rings. The van der Waals surface area contributed by atoms with Crippen LogP contribution in [0.3, 0.4) is 0 Å². The maximum Gasteiger partial charge on any atom is 0.0578 e. The van der Waals surface area contributed by atoms with Gasteiger partial charge in [-0.05, 0) is 49.9 Å². The molecule has 3 rings (SSSR count). The lowest BCUT2D eigenvalue weighted by Gasteiger charge is -2.32. The first kappa shape index (κ1) is 15.3. The molecule has 1 unspecified atom stereocenters. The third-order valence-electron chi connectivity index (χ3n) is 4.79. The number of hydrogen-bond acceptors (Lipinski definition) is 2. The zero-order valence-corrected chi connectivity index (χ0v) is 13.3. The van der Waals surface area contributed by atoms with E-state index in [4.69, 9.17) is 0 Å². The average molecular weight is 294 g/mol. The molecule has 0 saturated carbocycles. The molecule has 2 aromatic rings. The minimum absolute atomic E-state index is 0.271. The highest BCUT2D eigenvalue weighted by Gasteiger charge is 2.23. The normalized spacial score (nSPS) is 17.5. The lowest BCUT2D eigenvalue weighted by Crippen LogP contribution is -2.41. The smallest absolute Gasteiger partial charge is 0.0578 e. The molecule has 0 amide bonds. The predicted molar refractivity (Wildman–Crippen MR) is 92.9 cm³/mol. The van der Waals surface area contributed by atoms with E-state index in [-0.39, 0.29) is 6.04 Å². The number of rotatable bonds is 5. The van der Waals surface area contributed by atoms with Crippen LogP contribution in [0.2, 0.25) is 0 Å². The van der Waals surface area contributed by atoms with Gasteiger partial charge < -0.3 is 10.6 Å². The van der Waals surface area contributed by atoms with Crippen LogP contribution in [0.25, 0.3) is 0 Å². The van der Waals surface area contributed by atoms with Crippen LogP contribution in [0.5, 0.6) is 0 Å². The van der Waals surface area contributed by atoms with E-state index < -0.39 is 0 Å². The van der Waals surface area contributed by atoms with E-state index in [1.807, 2.05) is 0 Å². The van der Waals surface area contributed by atoms with Crippen molar-refractivity contribution in [3.05, 3.63) is 71.8 Å². The predicted octanol–water partition coefficient (Wildman–Crippen LogP) is 3.75. The SMILES string of the molecule is CC(NC(c1ccccc1)c1ccccc1)C1CCNCC1. The fourth-order valence-corrected chi connectivity index (χ4v) is 3.42. The maximum absolute atomic E-state index is 3.89. The van der Waals surface area contributed by atoms with Crippen molar-refractivity contribution in [1.29, 1.82) is 0 Å². The topological polar surface area (TPSA) is 24.1 Å². The lowest BCUT2D eigenvalue weighted by molar-refractivity contribution is 0.283. The quantitative estimate of drug-likeness (QED) is 0.877. The van der Waals surface area contributed by atoms with Gasteiger partial charge in [0.2, 0.25) is 0 Å². The van der Waals surface area contributed by atoms with Gasteiger partial charge in [-0.25, -0.2) is 0 Å². The van der Waals surface area contributed by atoms with Gasteiger partial charge in [-0.2, -0.15) is 0 Å². The van der Waals surface area contributed by atoms with E-state index in [9.17, 15) is 0 Å². The van der Waals surface area contributed by atoms with Gasteiger partial charge in [0.25, 0.3) is 0 Å². The van der Waals surface area contributed by atoms with Crippen LogP contribution in [-0.4, -0.2) is 19.1 Å². The van der Waals surface area contributed by atoms with Gasteiger partial charge in [-0.1, -0.05) is 60.7 Å². The van der Waals surface area contributed by atoms with Crippen LogP contribution in [-0.2, 0) is 0 Å². The molecular weight excluding hydrogens is 268 g/mol. The summed E-state index contributed by atoms with van der Waals surface area (Å²) in [5.41, 5.74) is 2.68. The summed E-state index contributed by atoms with van der Waals surface area (Å²) < 4.78 is 0. The first-order chi connectivity index (χ1) is 10.8. The number of benzene rings is 2. The first-order valence-corrected chi connectivity index (χ1v) is 8.41. The molecule has 0 aliphatic carbocycles. The Hall–Kier alpha value is -1.64. The van der Waals surface area contributed by atoms with Crippen LogP contribution in [0.4, 0.5) is 0 Å². The van der Waals surface area contributed by atoms with E-state index in [1.54, 1.807) is 0 Å². The third kappa shape index (κ3) is 3.76. The number of hydrogen-bond donors (Lipinski definition) is 2. The summed E-state index contributed by atoms with van der Waals surface area (Å²) in [6, 6.07) is 22.4. The van der Waals surface area contributed by atoms with Gasteiger partial charge in [0.05, 0.1) is 6.04 Å². The second-order valence-electron chi connectivity index (χ2n) is 6.30. The molecule has 22 heavy (non-hydrogen) atoms. The molecule has 0 spiro atoms. The molecule has 2 aromatic carbocycles. The van der Waals surface area contributed by atoms with E-state index in [0.29, 0.717) is 6.04 Å². The van der Waals surface area contributed by atoms with Crippen molar-refractivity contribution >= 4 is 0 Å². The van der Waals surface area contributed by atoms with Gasteiger partial charge in [-0.15, -0.1) is 0 Å². The van der Waals surface area contributed by atoms with Gasteiger partial charge >= 0.3 is 0 Å². The molecule has 116 valence electrons. The monoisotopic (exact) mass is 294 g/mol. The van der Waals surface area contributed by atoms with Gasteiger partial charge in [-0.3, -0.25) is 0 Å². The third-order valence-corrected chi connectivity index (χ3v) is 4.79. The average Bonchev–Trinajstić information content (AvgIpc) is 2.62. The van der Waals surface area contributed by atoms with E-state index in [0.717, 1.165) is 19.0 Å². The molecule has 1 atom stereocenters. The van der Waals surface area contributed by atoms with Crippen LogP contribution in [0, 0.1) is 5.92 Å². The Morgan fingerprint density at radius 1 is 0.864 bits per heavy atom. The highest BCUT2D eigenvalue weighted by molar-refractivity contribution is 5.31. The number of piperidine rings is 1. The Morgan fingerprint density at radius 3 is 1.86 bits per heavy atom. The minimum atomic E-state index is 0.271. The van der Waals surface area contributed by atoms with Gasteiger partial charge in [0, 0.05) is 6.04 Å². The van der Waals surface area contributed by atoms with Gasteiger partial charge in [0.1, 0.15) is 0 Å². The minimum Gasteiger partial charge on any atom is -0.317 e. The van der Waals surface area contributed by atoms with E-state index in [1.165, 1.54) is 24.0 Å². The highest BCUT2D eigenvalue weighted by Crippen LogP contribution is 2.25. The van der Waals surface area contributed by atoms with Crippen molar-refractivity contribution in [3.63, 3.8) is 0 Å². The Morgan fingerprint density at radius 2 is 1.36 bits per heavy atom. The lowest BCUT2D eigenvalue weighted by atomic mass is 9.89. The van der Waals surface area contributed by atoms with Crippen molar-refractivity contribution in [1.82, 2.24) is 10.6 Å². The zero-order valence-electron chi connectivity index (χ0n) is 13.3. The van der Waals surface area contributed by atoms with Crippen LogP contribution >= 0.6 is 0 Å². The summed E-state index contributed by atoms with van der Waals surface area (Å²) in [5.74, 6) is 0.760. The molecule has 0 radical (unpaired) electrons. The van der Waals surface area contributed by atoms with Crippen molar-refractivity contribution < 1.29 is 0 Å². The van der Waals surface area contributed by atoms with E-state index >= 15 is 0 Å². The Kier molecular flexibility index (Phi) is 5.25. The van der Waals surface area contributed by atoms with Crippen molar-refractivity contribution in [2.24, 2.45) is 5.92 Å². The summed E-state index contributed by atoms with van der Waals surface area (Å²) in [4.78, 5) is 0. The molecule has 0 aromatic heterocycles. The van der Waals surface area contributed by atoms with Crippen molar-refractivity contribution in [3.8, 4) is 0 Å². The summed E-state index contributed by atoms with van der Waals surface area (Å²) in [6.45, 7) is 4.64. The molecule has 1 aliphatic rings. The molecule has 1 heterocycles. The molecule has 1 saturated heterocycles. The molecular formula is C20H26N2. The molecule has 2 heteroatoms. The first-order valence-electron chi connectivity index (χ1n) is 8.41. The summed E-state index contributed by atoms with van der Waals surface area (Å²) in [5, 5.41) is 7.35. The van der Waals surface area contributed by atoms with Crippen LogP contribution in [0.15, 0.2) is 60.7 Å². The van der Waals surface area contributed by atoms with Crippen molar-refractivity contribution in [2.45, 2.75) is 31.8 Å². The molecule has 2 nitrogen and oxygen atoms in total. The maximum atomic E-state index is 3.89. The second kappa shape index (κ2) is 7.57. The zero-order chi connectivity index (χ0) is 15.2. The fraction of sp³-hybridized carbons (Fsp3) is 0.400. The summed E-state index contributed by atoms with van der Waals surface area (Å²) in [7, 11) is 0. The summed E-state index contributed by atoms with van der Waals surface area (Å²) >= 11 is 0. The highest BCUT2D eigenvalue weighted by atomic mass is 15.0. The largest absolute Gasteiger partial charge is 0.317 e. The number of nitrogens with one attached hydrogen (secondary N) is 2. The van der Waals surface area contributed by atoms with Crippen molar-refractivity contribution in [2.75, 3.05) is 13.1 Å². The van der Waals surface area contributed by atoms with Gasteiger partial charge in [0.15, 0.2) is 0 Å². The fourth-order valence-electron chi connectivity index (χ4n) is 3.42. The standard InChI is InChI=1S/C20H26N2/c1-16(17-12-14-21-15-13-17)22-20(18-8-4-2-5-9-18)19-10-6-3-7-11-19/h2-11,16-17,20-22H,12-15H2,1H3. The molecule has 1 aliphatic heterocycles. The summed E-state index contributed by atoms with van der Waals surface area (Å²) in [6.07, 6.45) is 2.54. The molecule has 2 N–H and O–H groups in total. The Bertz CT molecular complexity index is 507. The van der Waals surface area contributed by atoms with Crippen LogP contribution in [0.1, 0.15) is 36.9 Å². The Labute approximate surface area is 134 Å². The molecule has 0 bridgehead atoms. The second-order valence-corrected chi connectivity index (χ2v) is 6.30. The van der Waals surface area contributed by atoms with E-state index in [2.05, 4.69) is 78.2 Å². The van der Waals surface area contributed by atoms with Crippen LogP contribution < -0.4 is 10.6 Å². The Balaban J connectivity index is 1.79.